The highest BCUT2D eigenvalue weighted by Crippen LogP contribution is 2.31. The van der Waals surface area contributed by atoms with Gasteiger partial charge < -0.3 is 0 Å². The number of aromatic amines is 1. The molecule has 0 fully saturated rings. The van der Waals surface area contributed by atoms with Crippen LogP contribution in [0.5, 0.6) is 0 Å². The molecule has 0 aliphatic carbocycles. The van der Waals surface area contributed by atoms with Crippen LogP contribution in [0.4, 0.5) is 0 Å². The van der Waals surface area contributed by atoms with E-state index in [1.165, 1.54) is 0 Å². The van der Waals surface area contributed by atoms with Crippen molar-refractivity contribution < 1.29 is 0 Å². The average Bonchev–Trinajstić information content (AvgIpc) is 2.61. The number of nitrogens with zero attached hydrogens (tertiary/aromatic N) is 1. The third kappa shape index (κ3) is 1.97. The molecular formula is C12H13BrN2. The van der Waals surface area contributed by atoms with Crippen LogP contribution in [-0.4, -0.2) is 10.2 Å². The van der Waals surface area contributed by atoms with Crippen LogP contribution in [0.25, 0.3) is 11.3 Å². The molecule has 2 nitrogen and oxygen atoms in total. The minimum Gasteiger partial charge on any atom is -0.281 e. The van der Waals surface area contributed by atoms with Gasteiger partial charge in [0.1, 0.15) is 5.69 Å². The maximum atomic E-state index is 4.34. The number of H-pyrrole nitrogens is 1. The minimum atomic E-state index is 0.448. The van der Waals surface area contributed by atoms with Crippen LogP contribution in [0.3, 0.4) is 0 Å². The van der Waals surface area contributed by atoms with Gasteiger partial charge in [-0.3, -0.25) is 5.10 Å². The van der Waals surface area contributed by atoms with Crippen molar-refractivity contribution in [1.82, 2.24) is 10.2 Å². The van der Waals surface area contributed by atoms with Crippen molar-refractivity contribution in [3.63, 3.8) is 0 Å². The number of benzene rings is 1. The summed E-state index contributed by atoms with van der Waals surface area (Å²) in [5.74, 6) is 0.448. The Bertz CT molecular complexity index is 446. The molecule has 0 saturated carbocycles. The molecule has 0 saturated heterocycles. The number of hydrogen-bond acceptors (Lipinski definition) is 1. The molecule has 78 valence electrons. The second kappa shape index (κ2) is 4.19. The number of nitrogens with one attached hydrogen (secondary N) is 1. The minimum absolute atomic E-state index is 0.448. The first kappa shape index (κ1) is 10.4. The lowest BCUT2D eigenvalue weighted by atomic mass is 10.1. The summed E-state index contributed by atoms with van der Waals surface area (Å²) in [5, 5.41) is 7.41. The molecular weight excluding hydrogens is 252 g/mol. The Kier molecular flexibility index (Phi) is 2.91. The van der Waals surface area contributed by atoms with Gasteiger partial charge in [0.25, 0.3) is 0 Å². The molecule has 2 rings (SSSR count). The van der Waals surface area contributed by atoms with E-state index >= 15 is 0 Å². The summed E-state index contributed by atoms with van der Waals surface area (Å²) in [6.07, 6.45) is 0. The highest BCUT2D eigenvalue weighted by atomic mass is 79.9. The number of halogens is 1. The zero-order valence-corrected chi connectivity index (χ0v) is 10.4. The lowest BCUT2D eigenvalue weighted by Crippen LogP contribution is -1.87. The molecule has 1 heterocycles. The largest absolute Gasteiger partial charge is 0.281 e. The van der Waals surface area contributed by atoms with Gasteiger partial charge in [-0.2, -0.15) is 5.10 Å². The van der Waals surface area contributed by atoms with E-state index in [4.69, 9.17) is 0 Å². The van der Waals surface area contributed by atoms with Crippen LogP contribution in [0.2, 0.25) is 0 Å². The van der Waals surface area contributed by atoms with Crippen LogP contribution < -0.4 is 0 Å². The Morgan fingerprint density at radius 2 is 1.87 bits per heavy atom. The molecule has 0 amide bonds. The highest BCUT2D eigenvalue weighted by Gasteiger charge is 2.13. The predicted molar refractivity (Wildman–Crippen MR) is 65.8 cm³/mol. The molecule has 1 aromatic heterocycles. The first-order valence-corrected chi connectivity index (χ1v) is 5.78. The van der Waals surface area contributed by atoms with Crippen LogP contribution >= 0.6 is 15.9 Å². The molecule has 0 bridgehead atoms. The van der Waals surface area contributed by atoms with Crippen molar-refractivity contribution in [2.45, 2.75) is 19.8 Å². The number of hydrogen-bond donors (Lipinski definition) is 1. The van der Waals surface area contributed by atoms with Crippen LogP contribution in [0, 0.1) is 0 Å². The first-order chi connectivity index (χ1) is 7.20. The Hall–Kier alpha value is -1.09. The average molecular weight is 265 g/mol. The van der Waals surface area contributed by atoms with Crippen molar-refractivity contribution in [2.75, 3.05) is 0 Å². The lowest BCUT2D eigenvalue weighted by Gasteiger charge is -2.01. The molecule has 0 aliphatic heterocycles. The molecule has 0 spiro atoms. The Balaban J connectivity index is 2.47. The summed E-state index contributed by atoms with van der Waals surface area (Å²) in [4.78, 5) is 0. The Labute approximate surface area is 97.8 Å². The van der Waals surface area contributed by atoms with E-state index < -0.39 is 0 Å². The van der Waals surface area contributed by atoms with E-state index in [1.54, 1.807) is 0 Å². The maximum absolute atomic E-state index is 4.34. The normalized spacial score (nSPS) is 10.9. The Morgan fingerprint density at radius 3 is 2.40 bits per heavy atom. The predicted octanol–water partition coefficient (Wildman–Crippen LogP) is 3.96. The van der Waals surface area contributed by atoms with Gasteiger partial charge in [-0.15, -0.1) is 0 Å². The molecule has 2 aromatic rings. The molecule has 15 heavy (non-hydrogen) atoms. The summed E-state index contributed by atoms with van der Waals surface area (Å²) in [5.41, 5.74) is 3.26. The van der Waals surface area contributed by atoms with Gasteiger partial charge in [-0.25, -0.2) is 0 Å². The fraction of sp³-hybridized carbons (Fsp3) is 0.250. The summed E-state index contributed by atoms with van der Waals surface area (Å²) < 4.78 is 1.07. The summed E-state index contributed by atoms with van der Waals surface area (Å²) in [6.45, 7) is 4.29. The zero-order chi connectivity index (χ0) is 10.8. The van der Waals surface area contributed by atoms with E-state index in [0.29, 0.717) is 5.92 Å². The topological polar surface area (TPSA) is 28.7 Å². The van der Waals surface area contributed by atoms with Gasteiger partial charge in [0.15, 0.2) is 0 Å². The second-order valence-corrected chi connectivity index (χ2v) is 4.61. The van der Waals surface area contributed by atoms with E-state index in [0.717, 1.165) is 21.4 Å². The SMILES string of the molecule is CC(C)c1[nH]nc(-c2ccccc2)c1Br. The van der Waals surface area contributed by atoms with Crippen molar-refractivity contribution in [2.24, 2.45) is 0 Å². The van der Waals surface area contributed by atoms with E-state index in [1.807, 2.05) is 18.2 Å². The highest BCUT2D eigenvalue weighted by molar-refractivity contribution is 9.10. The van der Waals surface area contributed by atoms with Crippen molar-refractivity contribution in [1.29, 1.82) is 0 Å². The molecule has 0 unspecified atom stereocenters. The third-order valence-corrected chi connectivity index (χ3v) is 3.16. The molecule has 0 atom stereocenters. The second-order valence-electron chi connectivity index (χ2n) is 3.82. The number of aromatic nitrogens is 2. The molecule has 1 aromatic carbocycles. The first-order valence-electron chi connectivity index (χ1n) is 4.99. The van der Waals surface area contributed by atoms with Crippen molar-refractivity contribution >= 4 is 15.9 Å². The quantitative estimate of drug-likeness (QED) is 0.874. The summed E-state index contributed by atoms with van der Waals surface area (Å²) in [7, 11) is 0. The van der Waals surface area contributed by atoms with Gasteiger partial charge in [-0.05, 0) is 21.8 Å². The standard InChI is InChI=1S/C12H13BrN2/c1-8(2)11-10(13)12(15-14-11)9-6-4-3-5-7-9/h3-8H,1-2H3,(H,14,15). The van der Waals surface area contributed by atoms with E-state index in [-0.39, 0.29) is 0 Å². The van der Waals surface area contributed by atoms with Crippen molar-refractivity contribution in [3.05, 3.63) is 40.5 Å². The third-order valence-electron chi connectivity index (χ3n) is 2.36. The summed E-state index contributed by atoms with van der Waals surface area (Å²) in [6, 6.07) is 10.2. The maximum Gasteiger partial charge on any atom is 0.107 e. The number of rotatable bonds is 2. The smallest absolute Gasteiger partial charge is 0.107 e. The Morgan fingerprint density at radius 1 is 1.20 bits per heavy atom. The van der Waals surface area contributed by atoms with Gasteiger partial charge >= 0.3 is 0 Å². The van der Waals surface area contributed by atoms with E-state index in [2.05, 4.69) is 52.1 Å². The fourth-order valence-corrected chi connectivity index (χ4v) is 2.38. The molecule has 1 N–H and O–H groups in total. The van der Waals surface area contributed by atoms with Gasteiger partial charge in [0, 0.05) is 5.56 Å². The van der Waals surface area contributed by atoms with Crippen molar-refractivity contribution in [3.8, 4) is 11.3 Å². The van der Waals surface area contributed by atoms with Crippen LogP contribution in [0.1, 0.15) is 25.5 Å². The van der Waals surface area contributed by atoms with Gasteiger partial charge in [-0.1, -0.05) is 44.2 Å². The van der Waals surface area contributed by atoms with Gasteiger partial charge in [0.2, 0.25) is 0 Å². The van der Waals surface area contributed by atoms with Crippen LogP contribution in [-0.2, 0) is 0 Å². The molecule has 0 radical (unpaired) electrons. The molecule has 3 heteroatoms. The molecule has 0 aliphatic rings. The van der Waals surface area contributed by atoms with E-state index in [9.17, 15) is 0 Å². The van der Waals surface area contributed by atoms with Crippen LogP contribution in [0.15, 0.2) is 34.8 Å². The zero-order valence-electron chi connectivity index (χ0n) is 8.79. The fourth-order valence-electron chi connectivity index (χ4n) is 1.51. The summed E-state index contributed by atoms with van der Waals surface area (Å²) >= 11 is 3.59. The van der Waals surface area contributed by atoms with Gasteiger partial charge in [0.05, 0.1) is 10.2 Å². The lowest BCUT2D eigenvalue weighted by molar-refractivity contribution is 0.807. The monoisotopic (exact) mass is 264 g/mol.